The van der Waals surface area contributed by atoms with Crippen molar-refractivity contribution in [3.05, 3.63) is 108 Å². The Hall–Kier alpha value is -2.86. The first-order valence-electron chi connectivity index (χ1n) is 7.56. The quantitative estimate of drug-likeness (QED) is 0.434. The van der Waals surface area contributed by atoms with Gasteiger partial charge < -0.3 is 0 Å². The lowest BCUT2D eigenvalue weighted by Gasteiger charge is -2.00. The van der Waals surface area contributed by atoms with Gasteiger partial charge in [-0.2, -0.15) is 0 Å². The minimum atomic E-state index is 1.22. The number of benzene rings is 3. The molecule has 0 radical (unpaired) electrons. The van der Waals surface area contributed by atoms with Crippen molar-refractivity contribution in [1.29, 1.82) is 0 Å². The maximum Gasteiger partial charge on any atom is -0.00990 e. The van der Waals surface area contributed by atoms with Crippen LogP contribution in [0.25, 0.3) is 22.8 Å². The molecule has 0 fully saturated rings. The molecule has 0 heteroatoms. The molecular weight excluding hydrogens is 264 g/mol. The fourth-order valence-corrected chi connectivity index (χ4v) is 3.05. The van der Waals surface area contributed by atoms with Crippen LogP contribution in [0.4, 0.5) is 0 Å². The standard InChI is InChI=1S/C22H16/c1-2-9-17(10-3-1)11-8-16-22-20-14-6-4-12-18(20)19-13-5-7-15-21(19)22/h1-16H. The summed E-state index contributed by atoms with van der Waals surface area (Å²) in [4.78, 5) is 0. The maximum atomic E-state index is 2.22. The molecule has 104 valence electrons. The molecule has 0 N–H and O–H groups in total. The van der Waals surface area contributed by atoms with E-state index in [0.717, 1.165) is 0 Å². The summed E-state index contributed by atoms with van der Waals surface area (Å²) in [6.45, 7) is 0. The first-order valence-corrected chi connectivity index (χ1v) is 7.56. The number of fused-ring (bicyclic) bond motifs is 3. The van der Waals surface area contributed by atoms with Gasteiger partial charge in [0, 0.05) is 0 Å². The van der Waals surface area contributed by atoms with Gasteiger partial charge in [-0.25, -0.2) is 0 Å². The lowest BCUT2D eigenvalue weighted by Crippen LogP contribution is -1.79. The Kier molecular flexibility index (Phi) is 3.21. The Balaban J connectivity index is 1.78. The molecule has 0 bridgehead atoms. The monoisotopic (exact) mass is 280 g/mol. The summed E-state index contributed by atoms with van der Waals surface area (Å²) in [5.41, 5.74) is 7.83. The first kappa shape index (κ1) is 12.8. The van der Waals surface area contributed by atoms with E-state index in [4.69, 9.17) is 0 Å². The van der Waals surface area contributed by atoms with E-state index in [0.29, 0.717) is 0 Å². The topological polar surface area (TPSA) is 0 Å². The van der Waals surface area contributed by atoms with Gasteiger partial charge in [-0.3, -0.25) is 0 Å². The van der Waals surface area contributed by atoms with Crippen LogP contribution in [0, 0.1) is 0 Å². The zero-order chi connectivity index (χ0) is 14.8. The molecule has 0 heterocycles. The number of rotatable bonds is 2. The van der Waals surface area contributed by atoms with Crippen LogP contribution < -0.4 is 0 Å². The van der Waals surface area contributed by atoms with Crippen LogP contribution in [0.1, 0.15) is 16.7 Å². The van der Waals surface area contributed by atoms with E-state index in [1.807, 2.05) is 6.07 Å². The minimum absolute atomic E-state index is 1.22. The molecule has 0 saturated carbocycles. The van der Waals surface area contributed by atoms with Gasteiger partial charge in [-0.1, -0.05) is 97.1 Å². The molecule has 22 heavy (non-hydrogen) atoms. The molecule has 0 aliphatic heterocycles. The Labute approximate surface area is 131 Å². The maximum absolute atomic E-state index is 2.22. The summed E-state index contributed by atoms with van der Waals surface area (Å²) in [7, 11) is 0. The van der Waals surface area contributed by atoms with E-state index in [2.05, 4.69) is 91.0 Å². The van der Waals surface area contributed by atoms with Crippen molar-refractivity contribution in [3.63, 3.8) is 0 Å². The lowest BCUT2D eigenvalue weighted by molar-refractivity contribution is 1.65. The molecule has 0 atom stereocenters. The predicted molar refractivity (Wildman–Crippen MR) is 94.4 cm³/mol. The van der Waals surface area contributed by atoms with E-state index >= 15 is 0 Å². The Morgan fingerprint density at radius 3 is 1.59 bits per heavy atom. The second kappa shape index (κ2) is 5.50. The highest BCUT2D eigenvalue weighted by Crippen LogP contribution is 2.43. The van der Waals surface area contributed by atoms with Crippen molar-refractivity contribution in [3.8, 4) is 11.1 Å². The molecule has 0 nitrogen and oxygen atoms in total. The zero-order valence-electron chi connectivity index (χ0n) is 12.2. The summed E-state index contributed by atoms with van der Waals surface area (Å²) in [5.74, 6) is 0. The summed E-state index contributed by atoms with van der Waals surface area (Å²) in [5, 5.41) is 0. The third-order valence-electron chi connectivity index (χ3n) is 4.08. The number of allylic oxidation sites excluding steroid dienone is 2. The first-order chi connectivity index (χ1) is 10.9. The van der Waals surface area contributed by atoms with Crippen LogP contribution in [0.5, 0.6) is 0 Å². The average molecular weight is 280 g/mol. The van der Waals surface area contributed by atoms with E-state index in [-0.39, 0.29) is 0 Å². The molecule has 0 amide bonds. The van der Waals surface area contributed by atoms with E-state index < -0.39 is 0 Å². The van der Waals surface area contributed by atoms with Crippen molar-refractivity contribution < 1.29 is 0 Å². The molecule has 3 aromatic carbocycles. The van der Waals surface area contributed by atoms with Gasteiger partial charge in [0.2, 0.25) is 0 Å². The molecule has 0 unspecified atom stereocenters. The van der Waals surface area contributed by atoms with Crippen LogP contribution >= 0.6 is 0 Å². The highest BCUT2D eigenvalue weighted by Gasteiger charge is 2.21. The van der Waals surface area contributed by atoms with Gasteiger partial charge in [0.05, 0.1) is 0 Å². The summed E-state index contributed by atoms with van der Waals surface area (Å²) in [6.07, 6.45) is 6.51. The smallest absolute Gasteiger partial charge is 0.00990 e. The highest BCUT2D eigenvalue weighted by molar-refractivity contribution is 6.01. The Bertz CT molecular complexity index is 820. The van der Waals surface area contributed by atoms with Crippen molar-refractivity contribution in [2.75, 3.05) is 0 Å². The molecule has 0 spiro atoms. The fraction of sp³-hybridized carbons (Fsp3) is 0. The van der Waals surface area contributed by atoms with Crippen LogP contribution in [0.2, 0.25) is 0 Å². The lowest BCUT2D eigenvalue weighted by atomic mass is 10.0. The molecule has 0 saturated heterocycles. The predicted octanol–water partition coefficient (Wildman–Crippen LogP) is 5.81. The number of hydrogen-bond acceptors (Lipinski definition) is 0. The van der Waals surface area contributed by atoms with Gasteiger partial charge in [-0.05, 0) is 33.4 Å². The average Bonchev–Trinajstić information content (AvgIpc) is 2.91. The van der Waals surface area contributed by atoms with Gasteiger partial charge in [0.1, 0.15) is 0 Å². The van der Waals surface area contributed by atoms with Crippen molar-refractivity contribution >= 4 is 11.6 Å². The normalized spacial score (nSPS) is 12.3. The molecular formula is C22H16. The summed E-state index contributed by atoms with van der Waals surface area (Å²) < 4.78 is 0. The van der Waals surface area contributed by atoms with Crippen LogP contribution in [0.15, 0.2) is 91.0 Å². The number of hydrogen-bond donors (Lipinski definition) is 0. The largest absolute Gasteiger partial charge is 0.0622 e. The molecule has 0 aromatic heterocycles. The second-order valence-electron chi connectivity index (χ2n) is 5.44. The van der Waals surface area contributed by atoms with Crippen LogP contribution in [0.3, 0.4) is 0 Å². The fourth-order valence-electron chi connectivity index (χ4n) is 3.05. The third kappa shape index (κ3) is 2.19. The highest BCUT2D eigenvalue weighted by atomic mass is 14.2. The summed E-state index contributed by atoms with van der Waals surface area (Å²) in [6, 6.07) is 27.7. The van der Waals surface area contributed by atoms with Crippen molar-refractivity contribution in [2.24, 2.45) is 0 Å². The third-order valence-corrected chi connectivity index (χ3v) is 4.08. The Morgan fingerprint density at radius 2 is 1.00 bits per heavy atom. The van der Waals surface area contributed by atoms with Crippen molar-refractivity contribution in [1.82, 2.24) is 0 Å². The second-order valence-corrected chi connectivity index (χ2v) is 5.44. The van der Waals surface area contributed by atoms with Gasteiger partial charge in [0.15, 0.2) is 0 Å². The summed E-state index contributed by atoms with van der Waals surface area (Å²) >= 11 is 0. The van der Waals surface area contributed by atoms with Crippen LogP contribution in [-0.2, 0) is 0 Å². The Morgan fingerprint density at radius 1 is 0.500 bits per heavy atom. The van der Waals surface area contributed by atoms with Crippen molar-refractivity contribution in [2.45, 2.75) is 0 Å². The minimum Gasteiger partial charge on any atom is -0.0622 e. The van der Waals surface area contributed by atoms with Gasteiger partial charge >= 0.3 is 0 Å². The molecule has 1 aliphatic carbocycles. The zero-order valence-corrected chi connectivity index (χ0v) is 12.2. The van der Waals surface area contributed by atoms with Gasteiger partial charge in [-0.15, -0.1) is 0 Å². The molecule has 1 aliphatic rings. The molecule has 4 rings (SSSR count). The van der Waals surface area contributed by atoms with E-state index in [1.54, 1.807) is 0 Å². The van der Waals surface area contributed by atoms with E-state index in [1.165, 1.54) is 33.4 Å². The van der Waals surface area contributed by atoms with Crippen LogP contribution in [-0.4, -0.2) is 0 Å². The van der Waals surface area contributed by atoms with Gasteiger partial charge in [0.25, 0.3) is 0 Å². The molecule has 3 aromatic rings. The van der Waals surface area contributed by atoms with E-state index in [9.17, 15) is 0 Å². The SMILES string of the molecule is C(=Cc1ccccc1)C=C1c2ccccc2-c2ccccc21.